The molecule has 3 heterocycles. The lowest BCUT2D eigenvalue weighted by molar-refractivity contribution is -0.190. The summed E-state index contributed by atoms with van der Waals surface area (Å²) in [7, 11) is 0. The van der Waals surface area contributed by atoms with Crippen molar-refractivity contribution in [1.29, 1.82) is 0 Å². The van der Waals surface area contributed by atoms with E-state index < -0.39 is 85.5 Å². The van der Waals surface area contributed by atoms with Gasteiger partial charge in [-0.2, -0.15) is 4.98 Å². The lowest BCUT2D eigenvalue weighted by Gasteiger charge is -2.35. The molecular formula is C23H35F3N7O8PS. The minimum atomic E-state index is -3.85. The van der Waals surface area contributed by atoms with Crippen LogP contribution >= 0.6 is 6.57 Å². The number of aliphatic hydroxyl groups excluding tert-OH is 1. The first-order chi connectivity index (χ1) is 19.9. The molecule has 0 saturated carbocycles. The second kappa shape index (κ2) is 13.5. The summed E-state index contributed by atoms with van der Waals surface area (Å²) in [6.45, 7) is 4.12. The molecule has 0 spiro atoms. The second-order valence-electron chi connectivity index (χ2n) is 10.4. The van der Waals surface area contributed by atoms with Crippen LogP contribution in [-0.4, -0.2) is 91.8 Å². The molecule has 0 bridgehead atoms. The van der Waals surface area contributed by atoms with E-state index >= 15 is 4.39 Å². The van der Waals surface area contributed by atoms with Crippen LogP contribution < -0.4 is 21.5 Å². The Morgan fingerprint density at radius 3 is 2.21 bits per heavy atom. The van der Waals surface area contributed by atoms with Gasteiger partial charge in [-0.05, 0) is 53.3 Å². The molecule has 20 heteroatoms. The number of rotatable bonds is 13. The number of nitrogens with one attached hydrogen (secondary N) is 3. The second-order valence-corrected chi connectivity index (χ2v) is 13.8. The van der Waals surface area contributed by atoms with Crippen LogP contribution in [-0.2, 0) is 40.1 Å². The SMILES string of the molecule is CC(C)OC(=O)[C@H](C)NP(=S)(N[C@@H](C)C(=O)OC(C)C)OC[C@@]1(C(F)F)O[C@@H](n2cnc3c(=O)[nH]c(N)nc32)[C@H](F)[C@@H]1O. The fourth-order valence-corrected chi connectivity index (χ4v) is 7.02. The highest BCUT2D eigenvalue weighted by atomic mass is 32.4. The quantitative estimate of drug-likeness (QED) is 0.151. The molecule has 0 aromatic carbocycles. The van der Waals surface area contributed by atoms with Gasteiger partial charge in [0.15, 0.2) is 35.7 Å². The Morgan fingerprint density at radius 2 is 1.72 bits per heavy atom. The summed E-state index contributed by atoms with van der Waals surface area (Å²) in [6, 6.07) is -2.31. The number of nitrogens with two attached hydrogens (primary N) is 1. The van der Waals surface area contributed by atoms with E-state index in [9.17, 15) is 28.3 Å². The van der Waals surface area contributed by atoms with Crippen LogP contribution in [0.25, 0.3) is 11.2 Å². The molecule has 43 heavy (non-hydrogen) atoms. The number of carbonyl (C=O) groups is 2. The largest absolute Gasteiger partial charge is 0.462 e. The van der Waals surface area contributed by atoms with E-state index in [0.717, 1.165) is 10.9 Å². The number of imidazole rings is 1. The van der Waals surface area contributed by atoms with E-state index in [1.807, 2.05) is 0 Å². The minimum absolute atomic E-state index is 0.279. The normalized spacial score (nSPS) is 24.2. The van der Waals surface area contributed by atoms with Gasteiger partial charge in [-0.25, -0.2) is 28.3 Å². The van der Waals surface area contributed by atoms with Gasteiger partial charge in [-0.15, -0.1) is 0 Å². The van der Waals surface area contributed by atoms with Crippen molar-refractivity contribution < 1.29 is 46.6 Å². The van der Waals surface area contributed by atoms with Crippen molar-refractivity contribution in [2.24, 2.45) is 0 Å². The number of nitrogens with zero attached hydrogens (tertiary/aromatic N) is 3. The molecule has 3 rings (SSSR count). The van der Waals surface area contributed by atoms with Gasteiger partial charge in [0.2, 0.25) is 5.95 Å². The number of ether oxygens (including phenoxy) is 3. The summed E-state index contributed by atoms with van der Waals surface area (Å²) in [6.07, 6.45) is -10.5. The Bertz CT molecular complexity index is 1390. The third-order valence-corrected chi connectivity index (χ3v) is 9.01. The van der Waals surface area contributed by atoms with Gasteiger partial charge in [0.25, 0.3) is 12.0 Å². The number of hydrogen-bond acceptors (Lipinski definition) is 12. The molecule has 0 radical (unpaired) electrons. The summed E-state index contributed by atoms with van der Waals surface area (Å²) in [5.74, 6) is -1.87. The van der Waals surface area contributed by atoms with E-state index in [0.29, 0.717) is 0 Å². The fourth-order valence-electron chi connectivity index (χ4n) is 4.08. The van der Waals surface area contributed by atoms with E-state index in [1.54, 1.807) is 27.7 Å². The van der Waals surface area contributed by atoms with E-state index in [4.69, 9.17) is 36.3 Å². The predicted molar refractivity (Wildman–Crippen MR) is 150 cm³/mol. The van der Waals surface area contributed by atoms with Crippen molar-refractivity contribution in [3.8, 4) is 0 Å². The highest BCUT2D eigenvalue weighted by Crippen LogP contribution is 2.48. The highest BCUT2D eigenvalue weighted by molar-refractivity contribution is 8.10. The maximum atomic E-state index is 15.5. The molecule has 1 aliphatic rings. The summed E-state index contributed by atoms with van der Waals surface area (Å²) in [5.41, 5.74) is 1.22. The molecule has 1 aliphatic heterocycles. The van der Waals surface area contributed by atoms with Crippen molar-refractivity contribution in [2.45, 2.75) is 96.4 Å². The van der Waals surface area contributed by atoms with Crippen LogP contribution in [0.15, 0.2) is 11.1 Å². The first-order valence-corrected chi connectivity index (χ1v) is 15.8. The molecule has 2 aromatic heterocycles. The molecule has 242 valence electrons. The number of halogens is 3. The van der Waals surface area contributed by atoms with E-state index in [2.05, 4.69) is 25.1 Å². The first-order valence-electron chi connectivity index (χ1n) is 13.1. The van der Waals surface area contributed by atoms with Crippen LogP contribution in [0.4, 0.5) is 19.1 Å². The highest BCUT2D eigenvalue weighted by Gasteiger charge is 2.62. The van der Waals surface area contributed by atoms with Crippen molar-refractivity contribution in [3.63, 3.8) is 0 Å². The standard InChI is InChI=1S/C23H35F3N7O8PS/c1-9(2)39-19(36)11(5)31-42(43,32-12(6)20(37)40-10(3)4)38-7-23(21(25)26)15(34)13(24)18(41-23)33-8-28-14-16(33)29-22(27)30-17(14)35/h8-13,15,18,21,34H,7H2,1-6H3,(H2,31,32,43)(H3,27,29,30,35)/t11-,12-,13+,15-,18+,23+/m0/s1. The molecule has 1 saturated heterocycles. The van der Waals surface area contributed by atoms with Gasteiger partial charge >= 0.3 is 11.9 Å². The number of alkyl halides is 3. The monoisotopic (exact) mass is 657 g/mol. The molecular weight excluding hydrogens is 622 g/mol. The van der Waals surface area contributed by atoms with Crippen molar-refractivity contribution in [3.05, 3.63) is 16.7 Å². The first kappa shape index (κ1) is 34.8. The lowest BCUT2D eigenvalue weighted by atomic mass is 9.97. The maximum Gasteiger partial charge on any atom is 0.323 e. The van der Waals surface area contributed by atoms with Crippen LogP contribution in [0.2, 0.25) is 0 Å². The van der Waals surface area contributed by atoms with Crippen molar-refractivity contribution >= 4 is 47.4 Å². The topological polar surface area (TPSA) is 205 Å². The number of hydrogen-bond donors (Lipinski definition) is 5. The van der Waals surface area contributed by atoms with E-state index in [-0.39, 0.29) is 17.1 Å². The maximum absolute atomic E-state index is 15.5. The molecule has 0 amide bonds. The predicted octanol–water partition coefficient (Wildman–Crippen LogP) is 1.03. The Balaban J connectivity index is 1.94. The Hall–Kier alpha value is -2.67. The summed E-state index contributed by atoms with van der Waals surface area (Å²) < 4.78 is 67.1. The van der Waals surface area contributed by atoms with Crippen molar-refractivity contribution in [2.75, 3.05) is 12.3 Å². The number of aliphatic hydroxyl groups is 1. The lowest BCUT2D eigenvalue weighted by Crippen LogP contribution is -2.53. The fraction of sp³-hybridized carbons (Fsp3) is 0.696. The summed E-state index contributed by atoms with van der Waals surface area (Å²) in [5, 5.41) is 16.1. The molecule has 6 N–H and O–H groups in total. The Morgan fingerprint density at radius 1 is 1.19 bits per heavy atom. The van der Waals surface area contributed by atoms with Gasteiger partial charge in [0.1, 0.15) is 18.2 Å². The summed E-state index contributed by atoms with van der Waals surface area (Å²) in [4.78, 5) is 47.0. The number of aromatic amines is 1. The van der Waals surface area contributed by atoms with Crippen LogP contribution in [0.1, 0.15) is 47.8 Å². The van der Waals surface area contributed by atoms with E-state index in [1.165, 1.54) is 13.8 Å². The molecule has 2 aromatic rings. The minimum Gasteiger partial charge on any atom is -0.462 e. The average molecular weight is 658 g/mol. The van der Waals surface area contributed by atoms with Crippen LogP contribution in [0, 0.1) is 0 Å². The van der Waals surface area contributed by atoms with Crippen LogP contribution in [0.3, 0.4) is 0 Å². The molecule has 0 aliphatic carbocycles. The van der Waals surface area contributed by atoms with Gasteiger partial charge < -0.3 is 29.6 Å². The third-order valence-electron chi connectivity index (χ3n) is 6.12. The molecule has 1 fully saturated rings. The zero-order chi connectivity index (χ0) is 32.4. The molecule has 15 nitrogen and oxygen atoms in total. The van der Waals surface area contributed by atoms with Gasteiger partial charge in [0.05, 0.1) is 25.1 Å². The number of nitrogen functional groups attached to an aromatic ring is 1. The number of fused-ring (bicyclic) bond motifs is 1. The molecule has 0 unspecified atom stereocenters. The number of carbonyl (C=O) groups excluding carboxylic acids is 2. The van der Waals surface area contributed by atoms with Gasteiger partial charge in [-0.3, -0.25) is 23.9 Å². The number of esters is 2. The van der Waals surface area contributed by atoms with Gasteiger partial charge in [0, 0.05) is 0 Å². The summed E-state index contributed by atoms with van der Waals surface area (Å²) >= 11 is 5.56. The third kappa shape index (κ3) is 7.71. The Kier molecular flexibility index (Phi) is 11.0. The molecule has 6 atom stereocenters. The van der Waals surface area contributed by atoms with Crippen molar-refractivity contribution in [1.82, 2.24) is 29.7 Å². The average Bonchev–Trinajstić information content (AvgIpc) is 3.41. The number of H-pyrrole nitrogens is 1. The zero-order valence-electron chi connectivity index (χ0n) is 24.1. The zero-order valence-corrected chi connectivity index (χ0v) is 25.8. The number of anilines is 1. The van der Waals surface area contributed by atoms with Crippen LogP contribution in [0.5, 0.6) is 0 Å². The Labute approximate surface area is 249 Å². The smallest absolute Gasteiger partial charge is 0.323 e. The van der Waals surface area contributed by atoms with Gasteiger partial charge in [-0.1, -0.05) is 0 Å². The number of aromatic nitrogens is 4.